The summed E-state index contributed by atoms with van der Waals surface area (Å²) in [6.45, 7) is 3.85. The lowest BCUT2D eigenvalue weighted by molar-refractivity contribution is -0.146. The molecule has 4 atom stereocenters. The van der Waals surface area contributed by atoms with Crippen molar-refractivity contribution >= 4 is 15.9 Å². The Morgan fingerprint density at radius 3 is 2.62 bits per heavy atom. The second kappa shape index (κ2) is 11.9. The first-order valence-corrected chi connectivity index (χ1v) is 13.8. The predicted molar refractivity (Wildman–Crippen MR) is 127 cm³/mol. The summed E-state index contributed by atoms with van der Waals surface area (Å²) in [5, 5.41) is 13.3. The van der Waals surface area contributed by atoms with Gasteiger partial charge in [0.2, 0.25) is 15.9 Å². The summed E-state index contributed by atoms with van der Waals surface area (Å²) in [7, 11) is -3.81. The highest BCUT2D eigenvalue weighted by Crippen LogP contribution is 2.31. The number of hydrogen-bond acceptors (Lipinski definition) is 7. The molecule has 0 aromatic heterocycles. The molecule has 0 bridgehead atoms. The Kier molecular flexibility index (Phi) is 8.95. The summed E-state index contributed by atoms with van der Waals surface area (Å²) >= 11 is 0. The maximum Gasteiger partial charge on any atom is 0.243 e. The number of hydrogen-bond donors (Lipinski definition) is 2. The zero-order chi connectivity index (χ0) is 24.0. The number of likely N-dealkylation sites (tertiary alicyclic amines) is 1. The second-order valence-corrected chi connectivity index (χ2v) is 11.4. The Morgan fingerprint density at radius 2 is 1.85 bits per heavy atom. The van der Waals surface area contributed by atoms with Gasteiger partial charge in [-0.15, -0.1) is 0 Å². The standard InChI is InChI=1S/C24H37N3O6S/c28-19-16-27(34(30,31)21-7-3-1-4-8-21)22-10-9-20(33-23(22)18-32-17-19)15-24(29)25-11-14-26-12-5-2-6-13-26/h1,3-4,7-8,19-20,22-23,28H,2,5-6,9-18H2,(H,25,29)/t19-,20+,22-,23+/m0/s1. The molecule has 1 aromatic rings. The van der Waals surface area contributed by atoms with Crippen LogP contribution >= 0.6 is 0 Å². The molecule has 3 heterocycles. The van der Waals surface area contributed by atoms with E-state index in [2.05, 4.69) is 10.2 Å². The summed E-state index contributed by atoms with van der Waals surface area (Å²) in [5.74, 6) is -0.0450. The van der Waals surface area contributed by atoms with E-state index in [1.807, 2.05) is 0 Å². The number of sulfonamides is 1. The van der Waals surface area contributed by atoms with Crippen molar-refractivity contribution in [1.82, 2.24) is 14.5 Å². The molecule has 0 aliphatic carbocycles. The van der Waals surface area contributed by atoms with Crippen molar-refractivity contribution in [2.45, 2.75) is 67.8 Å². The Labute approximate surface area is 202 Å². The SMILES string of the molecule is O=C(C[C@H]1CC[C@H]2[C@@H](COC[C@@H](O)CN2S(=O)(=O)c2ccccc2)O1)NCCN1CCCCC1. The van der Waals surface area contributed by atoms with Gasteiger partial charge in [0, 0.05) is 19.6 Å². The Hall–Kier alpha value is -1.56. The number of aliphatic hydroxyl groups is 1. The van der Waals surface area contributed by atoms with Crippen LogP contribution in [0.5, 0.6) is 0 Å². The number of β-amino-alcohol motifs (C(OH)–C–C–N with tert-alkyl or cyclic N) is 1. The fourth-order valence-corrected chi connectivity index (χ4v) is 6.85. The second-order valence-electron chi connectivity index (χ2n) is 9.48. The highest BCUT2D eigenvalue weighted by molar-refractivity contribution is 7.89. The van der Waals surface area contributed by atoms with E-state index in [1.165, 1.54) is 23.6 Å². The van der Waals surface area contributed by atoms with E-state index in [0.29, 0.717) is 19.4 Å². The van der Waals surface area contributed by atoms with E-state index in [4.69, 9.17) is 9.47 Å². The highest BCUT2D eigenvalue weighted by atomic mass is 32.2. The molecule has 190 valence electrons. The quantitative estimate of drug-likeness (QED) is 0.580. The lowest BCUT2D eigenvalue weighted by atomic mass is 9.96. The smallest absolute Gasteiger partial charge is 0.243 e. The maximum atomic E-state index is 13.4. The van der Waals surface area contributed by atoms with Crippen molar-refractivity contribution in [1.29, 1.82) is 0 Å². The van der Waals surface area contributed by atoms with Gasteiger partial charge in [0.25, 0.3) is 0 Å². The third-order valence-corrected chi connectivity index (χ3v) is 8.80. The van der Waals surface area contributed by atoms with Crippen LogP contribution in [0.25, 0.3) is 0 Å². The number of amides is 1. The van der Waals surface area contributed by atoms with Crippen LogP contribution in [-0.4, -0.2) is 98.9 Å². The van der Waals surface area contributed by atoms with Crippen LogP contribution in [0.1, 0.15) is 38.5 Å². The molecule has 0 saturated carbocycles. The van der Waals surface area contributed by atoms with Crippen molar-refractivity contribution < 1.29 is 27.8 Å². The topological polar surface area (TPSA) is 108 Å². The lowest BCUT2D eigenvalue weighted by Crippen LogP contribution is -2.57. The Bertz CT molecular complexity index is 893. The van der Waals surface area contributed by atoms with E-state index in [1.54, 1.807) is 30.3 Å². The van der Waals surface area contributed by atoms with Gasteiger partial charge in [0.15, 0.2) is 0 Å². The number of rotatable bonds is 7. The summed E-state index contributed by atoms with van der Waals surface area (Å²) in [5.41, 5.74) is 0. The van der Waals surface area contributed by atoms with E-state index < -0.39 is 28.3 Å². The van der Waals surface area contributed by atoms with Gasteiger partial charge < -0.3 is 24.8 Å². The minimum absolute atomic E-state index is 0.0367. The molecule has 2 N–H and O–H groups in total. The monoisotopic (exact) mass is 495 g/mol. The van der Waals surface area contributed by atoms with E-state index in [-0.39, 0.29) is 43.1 Å². The van der Waals surface area contributed by atoms with E-state index >= 15 is 0 Å². The third kappa shape index (κ3) is 6.56. The normalized spacial score (nSPS) is 29.6. The molecule has 3 fully saturated rings. The molecular weight excluding hydrogens is 458 g/mol. The molecule has 3 aliphatic heterocycles. The van der Waals surface area contributed by atoms with Gasteiger partial charge in [-0.25, -0.2) is 8.42 Å². The highest BCUT2D eigenvalue weighted by Gasteiger charge is 2.43. The average Bonchev–Trinajstić information content (AvgIpc) is 2.83. The molecule has 4 rings (SSSR count). The molecule has 9 nitrogen and oxygen atoms in total. The van der Waals surface area contributed by atoms with Crippen LogP contribution < -0.4 is 5.32 Å². The van der Waals surface area contributed by atoms with Gasteiger partial charge in [0.1, 0.15) is 0 Å². The first-order valence-electron chi connectivity index (χ1n) is 12.4. The Balaban J connectivity index is 1.35. The molecule has 0 unspecified atom stereocenters. The van der Waals surface area contributed by atoms with Crippen molar-refractivity contribution in [3.63, 3.8) is 0 Å². The lowest BCUT2D eigenvalue weighted by Gasteiger charge is -2.43. The fraction of sp³-hybridized carbons (Fsp3) is 0.708. The van der Waals surface area contributed by atoms with E-state index in [0.717, 1.165) is 19.6 Å². The summed E-state index contributed by atoms with van der Waals surface area (Å²) in [6.07, 6.45) is 3.40. The van der Waals surface area contributed by atoms with Gasteiger partial charge in [-0.2, -0.15) is 4.31 Å². The first kappa shape index (κ1) is 25.5. The van der Waals surface area contributed by atoms with E-state index in [9.17, 15) is 18.3 Å². The third-order valence-electron chi connectivity index (χ3n) is 6.90. The average molecular weight is 496 g/mol. The van der Waals surface area contributed by atoms with Gasteiger partial charge in [-0.1, -0.05) is 24.6 Å². The molecule has 34 heavy (non-hydrogen) atoms. The van der Waals surface area contributed by atoms with Crippen LogP contribution in [0.2, 0.25) is 0 Å². The van der Waals surface area contributed by atoms with Crippen LogP contribution in [0.3, 0.4) is 0 Å². The number of fused-ring (bicyclic) bond motifs is 1. The number of carbonyl (C=O) groups excluding carboxylic acids is 1. The van der Waals surface area contributed by atoms with Crippen molar-refractivity contribution in [3.05, 3.63) is 30.3 Å². The minimum Gasteiger partial charge on any atom is -0.389 e. The molecule has 0 radical (unpaired) electrons. The largest absolute Gasteiger partial charge is 0.389 e. The van der Waals surface area contributed by atoms with Crippen molar-refractivity contribution in [2.24, 2.45) is 0 Å². The number of benzene rings is 1. The van der Waals surface area contributed by atoms with Gasteiger partial charge >= 0.3 is 0 Å². The van der Waals surface area contributed by atoms with Gasteiger partial charge in [-0.05, 0) is 50.9 Å². The summed E-state index contributed by atoms with van der Waals surface area (Å²) in [6, 6.07) is 7.80. The van der Waals surface area contributed by atoms with Crippen molar-refractivity contribution in [3.8, 4) is 0 Å². The molecule has 1 aromatic carbocycles. The van der Waals surface area contributed by atoms with Gasteiger partial charge in [0.05, 0.1) is 48.9 Å². The minimum atomic E-state index is -3.81. The van der Waals surface area contributed by atoms with Crippen molar-refractivity contribution in [2.75, 3.05) is 45.9 Å². The Morgan fingerprint density at radius 1 is 1.09 bits per heavy atom. The van der Waals surface area contributed by atoms with Crippen LogP contribution in [0, 0.1) is 0 Å². The molecule has 1 amide bonds. The predicted octanol–water partition coefficient (Wildman–Crippen LogP) is 0.977. The number of nitrogens with one attached hydrogen (secondary N) is 1. The number of piperidine rings is 1. The summed E-state index contributed by atoms with van der Waals surface area (Å²) < 4.78 is 40.0. The fourth-order valence-electron chi connectivity index (χ4n) is 5.11. The number of carbonyl (C=O) groups is 1. The molecule has 3 saturated heterocycles. The number of nitrogens with zero attached hydrogens (tertiary/aromatic N) is 2. The van der Waals surface area contributed by atoms with Crippen LogP contribution in [-0.2, 0) is 24.3 Å². The summed E-state index contributed by atoms with van der Waals surface area (Å²) in [4.78, 5) is 15.1. The molecule has 10 heteroatoms. The number of aliphatic hydroxyl groups excluding tert-OH is 1. The van der Waals surface area contributed by atoms with Crippen LogP contribution in [0.4, 0.5) is 0 Å². The molecular formula is C24H37N3O6S. The van der Waals surface area contributed by atoms with Gasteiger partial charge in [-0.3, -0.25) is 4.79 Å². The maximum absolute atomic E-state index is 13.4. The first-order chi connectivity index (χ1) is 16.4. The molecule has 3 aliphatic rings. The zero-order valence-corrected chi connectivity index (χ0v) is 20.5. The van der Waals surface area contributed by atoms with Crippen LogP contribution in [0.15, 0.2) is 35.2 Å². The number of ether oxygens (including phenoxy) is 2. The zero-order valence-electron chi connectivity index (χ0n) is 19.7. The molecule has 0 spiro atoms.